The predicted octanol–water partition coefficient (Wildman–Crippen LogP) is 3.87. The summed E-state index contributed by atoms with van der Waals surface area (Å²) in [6, 6.07) is 5.36. The molecule has 7 nitrogen and oxygen atoms in total. The average molecular weight is 389 g/mol. The number of nitrogens with zero attached hydrogens (tertiary/aromatic N) is 4. The lowest BCUT2D eigenvalue weighted by molar-refractivity contribution is 0.393. The molecular formula is C17H14Cl2N6O. The molecule has 26 heavy (non-hydrogen) atoms. The van der Waals surface area contributed by atoms with Gasteiger partial charge in [0.05, 0.1) is 24.1 Å². The molecule has 4 rings (SSSR count). The third kappa shape index (κ3) is 2.69. The van der Waals surface area contributed by atoms with E-state index in [2.05, 4.69) is 20.1 Å². The molecule has 0 aliphatic heterocycles. The van der Waals surface area contributed by atoms with E-state index in [1.165, 1.54) is 0 Å². The van der Waals surface area contributed by atoms with Crippen molar-refractivity contribution >= 4 is 34.4 Å². The molecule has 0 spiro atoms. The second-order valence-corrected chi connectivity index (χ2v) is 6.72. The van der Waals surface area contributed by atoms with E-state index < -0.39 is 0 Å². The van der Waals surface area contributed by atoms with Gasteiger partial charge in [0.2, 0.25) is 0 Å². The van der Waals surface area contributed by atoms with Crippen molar-refractivity contribution in [2.24, 2.45) is 0 Å². The van der Waals surface area contributed by atoms with Gasteiger partial charge in [-0.25, -0.2) is 9.97 Å². The van der Waals surface area contributed by atoms with Crippen molar-refractivity contribution in [3.63, 3.8) is 0 Å². The smallest absolute Gasteiger partial charge is 0.173 e. The number of hydrogen-bond donors (Lipinski definition) is 2. The summed E-state index contributed by atoms with van der Waals surface area (Å²) in [5.41, 5.74) is 3.47. The van der Waals surface area contributed by atoms with Crippen molar-refractivity contribution in [2.75, 3.05) is 0 Å². The van der Waals surface area contributed by atoms with Crippen LogP contribution in [0.25, 0.3) is 22.6 Å². The van der Waals surface area contributed by atoms with Crippen molar-refractivity contribution in [1.29, 1.82) is 5.41 Å². The van der Waals surface area contributed by atoms with E-state index in [1.807, 2.05) is 13.8 Å². The first-order chi connectivity index (χ1) is 12.5. The van der Waals surface area contributed by atoms with E-state index in [-0.39, 0.29) is 5.49 Å². The molecule has 0 aliphatic rings. The van der Waals surface area contributed by atoms with Crippen LogP contribution in [0.2, 0.25) is 10.0 Å². The monoisotopic (exact) mass is 388 g/mol. The zero-order valence-corrected chi connectivity index (χ0v) is 15.5. The first kappa shape index (κ1) is 16.8. The summed E-state index contributed by atoms with van der Waals surface area (Å²) in [7, 11) is 0. The lowest BCUT2D eigenvalue weighted by Crippen LogP contribution is -2.13. The summed E-state index contributed by atoms with van der Waals surface area (Å²) >= 11 is 12.6. The maximum Gasteiger partial charge on any atom is 0.173 e. The Morgan fingerprint density at radius 1 is 1.23 bits per heavy atom. The van der Waals surface area contributed by atoms with Gasteiger partial charge in [0, 0.05) is 15.6 Å². The van der Waals surface area contributed by atoms with Crippen LogP contribution in [0.5, 0.6) is 0 Å². The summed E-state index contributed by atoms with van der Waals surface area (Å²) in [5, 5.41) is 13.2. The molecule has 2 N–H and O–H groups in total. The summed E-state index contributed by atoms with van der Waals surface area (Å²) < 4.78 is 7.02. The molecule has 0 radical (unpaired) electrons. The zero-order chi connectivity index (χ0) is 18.4. The molecule has 3 aromatic heterocycles. The molecular weight excluding hydrogens is 375 g/mol. The number of benzene rings is 1. The Balaban J connectivity index is 1.90. The fourth-order valence-electron chi connectivity index (χ4n) is 2.89. The van der Waals surface area contributed by atoms with Gasteiger partial charge in [-0.15, -0.1) is 0 Å². The number of nitrogens with one attached hydrogen (secondary N) is 2. The Labute approximate surface area is 158 Å². The zero-order valence-electron chi connectivity index (χ0n) is 14.0. The molecule has 9 heteroatoms. The third-order valence-electron chi connectivity index (χ3n) is 4.18. The lowest BCUT2D eigenvalue weighted by atomic mass is 10.2. The highest BCUT2D eigenvalue weighted by molar-refractivity contribution is 6.36. The topological polar surface area (TPSA) is 96.4 Å². The fourth-order valence-corrected chi connectivity index (χ4v) is 3.41. The van der Waals surface area contributed by atoms with E-state index in [1.54, 1.807) is 29.1 Å². The number of rotatable bonds is 3. The van der Waals surface area contributed by atoms with Crippen molar-refractivity contribution in [2.45, 2.75) is 20.4 Å². The highest BCUT2D eigenvalue weighted by Gasteiger charge is 2.18. The Bertz CT molecular complexity index is 1150. The third-order valence-corrected chi connectivity index (χ3v) is 4.89. The van der Waals surface area contributed by atoms with Crippen LogP contribution in [-0.2, 0) is 6.54 Å². The number of aryl methyl sites for hydroxylation is 2. The molecule has 4 aromatic rings. The molecule has 0 saturated carbocycles. The minimum atomic E-state index is 0.104. The molecule has 0 atom stereocenters. The number of H-pyrrole nitrogens is 1. The quantitative estimate of drug-likeness (QED) is 0.556. The van der Waals surface area contributed by atoms with Crippen molar-refractivity contribution in [1.82, 2.24) is 24.7 Å². The minimum Gasteiger partial charge on any atom is -0.361 e. The fraction of sp³-hybridized carbons (Fsp3) is 0.176. The normalized spacial score (nSPS) is 11.4. The summed E-state index contributed by atoms with van der Waals surface area (Å²) in [6.45, 7) is 4.05. The highest BCUT2D eigenvalue weighted by atomic mass is 35.5. The van der Waals surface area contributed by atoms with Gasteiger partial charge in [-0.3, -0.25) is 5.41 Å². The van der Waals surface area contributed by atoms with Crippen LogP contribution in [-0.4, -0.2) is 24.7 Å². The number of hydrogen-bond acceptors (Lipinski definition) is 5. The first-order valence-corrected chi connectivity index (χ1v) is 8.57. The van der Waals surface area contributed by atoms with E-state index in [0.29, 0.717) is 39.3 Å². The second-order valence-electron chi connectivity index (χ2n) is 5.90. The van der Waals surface area contributed by atoms with Gasteiger partial charge in [-0.1, -0.05) is 34.4 Å². The van der Waals surface area contributed by atoms with Crippen LogP contribution in [0.3, 0.4) is 0 Å². The van der Waals surface area contributed by atoms with E-state index in [4.69, 9.17) is 33.1 Å². The van der Waals surface area contributed by atoms with Crippen molar-refractivity contribution < 1.29 is 4.52 Å². The highest BCUT2D eigenvalue weighted by Crippen LogP contribution is 2.28. The molecule has 1 aromatic carbocycles. The molecule has 0 saturated heterocycles. The predicted molar refractivity (Wildman–Crippen MR) is 98.3 cm³/mol. The van der Waals surface area contributed by atoms with E-state index >= 15 is 0 Å². The van der Waals surface area contributed by atoms with Gasteiger partial charge >= 0.3 is 0 Å². The van der Waals surface area contributed by atoms with Crippen LogP contribution in [0.1, 0.15) is 17.0 Å². The summed E-state index contributed by atoms with van der Waals surface area (Å²) in [6.07, 6.45) is 1.56. The Kier molecular flexibility index (Phi) is 4.05. The molecule has 0 bridgehead atoms. The minimum absolute atomic E-state index is 0.104. The van der Waals surface area contributed by atoms with Crippen LogP contribution >= 0.6 is 23.2 Å². The molecule has 0 amide bonds. The average Bonchev–Trinajstić information content (AvgIpc) is 3.17. The number of fused-ring (bicyclic) bond motifs is 1. The Morgan fingerprint density at radius 3 is 2.62 bits per heavy atom. The first-order valence-electron chi connectivity index (χ1n) is 7.81. The molecule has 132 valence electrons. The number of halogens is 2. The van der Waals surface area contributed by atoms with Gasteiger partial charge in [0.1, 0.15) is 17.1 Å². The van der Waals surface area contributed by atoms with Crippen LogP contribution in [0.15, 0.2) is 29.0 Å². The maximum atomic E-state index is 8.08. The number of aromatic amines is 1. The summed E-state index contributed by atoms with van der Waals surface area (Å²) in [4.78, 5) is 11.9. The number of aromatic nitrogens is 5. The van der Waals surface area contributed by atoms with Crippen LogP contribution in [0, 0.1) is 19.3 Å². The number of imidazole rings is 1. The van der Waals surface area contributed by atoms with Gasteiger partial charge < -0.3 is 14.1 Å². The van der Waals surface area contributed by atoms with Crippen LogP contribution in [0.4, 0.5) is 0 Å². The lowest BCUT2D eigenvalue weighted by Gasteiger charge is -2.10. The molecule has 0 fully saturated rings. The molecule has 3 heterocycles. The van der Waals surface area contributed by atoms with E-state index in [0.717, 1.165) is 16.8 Å². The van der Waals surface area contributed by atoms with Crippen molar-refractivity contribution in [3.05, 3.63) is 57.1 Å². The maximum absolute atomic E-state index is 8.08. The Morgan fingerprint density at radius 2 is 1.96 bits per heavy atom. The Hall–Kier alpha value is -2.64. The standard InChI is InChI=1S/C17H14Cl2N6O/c1-8-13(9(2)26-24-8)16-22-14-15(20)21-7-25(17(14)23-16)6-10-11(18)4-3-5-12(10)19/h3-5,7,20H,6H2,1-2H3,(H,22,23). The molecule has 0 unspecified atom stereocenters. The van der Waals surface area contributed by atoms with Gasteiger partial charge in [0.25, 0.3) is 0 Å². The van der Waals surface area contributed by atoms with Gasteiger partial charge in [-0.05, 0) is 26.0 Å². The molecule has 0 aliphatic carbocycles. The second kappa shape index (κ2) is 6.26. The SMILES string of the molecule is Cc1noc(C)c1-c1nc2c([nH]1)c(=N)ncn2Cc1c(Cl)cccc1Cl. The summed E-state index contributed by atoms with van der Waals surface area (Å²) in [5.74, 6) is 1.23. The largest absolute Gasteiger partial charge is 0.361 e. The van der Waals surface area contributed by atoms with E-state index in [9.17, 15) is 0 Å². The van der Waals surface area contributed by atoms with Crippen LogP contribution < -0.4 is 5.49 Å². The van der Waals surface area contributed by atoms with Gasteiger partial charge in [-0.2, -0.15) is 0 Å². The van der Waals surface area contributed by atoms with Crippen molar-refractivity contribution in [3.8, 4) is 11.4 Å². The van der Waals surface area contributed by atoms with Gasteiger partial charge in [0.15, 0.2) is 11.1 Å².